The Morgan fingerprint density at radius 2 is 2.06 bits per heavy atom. The number of benzene rings is 1. The van der Waals surface area contributed by atoms with Gasteiger partial charge >= 0.3 is 6.18 Å². The van der Waals surface area contributed by atoms with Crippen LogP contribution in [0.5, 0.6) is 0 Å². The Labute approximate surface area is 104 Å². The number of halogens is 5. The first-order valence-corrected chi connectivity index (χ1v) is 5.41. The first-order valence-electron chi connectivity index (χ1n) is 4.24. The van der Waals surface area contributed by atoms with E-state index >= 15 is 0 Å². The molecule has 0 saturated carbocycles. The molecule has 0 unspecified atom stereocenters. The molecular formula is C9H8BrClF3NO. The van der Waals surface area contributed by atoms with Gasteiger partial charge in [0.15, 0.2) is 6.61 Å². The van der Waals surface area contributed by atoms with Crippen molar-refractivity contribution < 1.29 is 18.0 Å². The summed E-state index contributed by atoms with van der Waals surface area (Å²) in [5.41, 5.74) is 2.98. The third-order valence-electron chi connectivity index (χ3n) is 1.60. The molecule has 0 fully saturated rings. The van der Waals surface area contributed by atoms with Gasteiger partial charge < -0.3 is 0 Å². The van der Waals surface area contributed by atoms with E-state index < -0.39 is 12.8 Å². The minimum Gasteiger partial charge on any atom is -0.292 e. The Morgan fingerprint density at radius 1 is 1.38 bits per heavy atom. The fourth-order valence-electron chi connectivity index (χ4n) is 0.917. The highest BCUT2D eigenvalue weighted by Crippen LogP contribution is 2.23. The van der Waals surface area contributed by atoms with E-state index in [0.29, 0.717) is 9.50 Å². The van der Waals surface area contributed by atoms with E-state index in [4.69, 9.17) is 11.6 Å². The third kappa shape index (κ3) is 5.16. The van der Waals surface area contributed by atoms with Crippen LogP contribution in [0.25, 0.3) is 0 Å². The molecular weight excluding hydrogens is 310 g/mol. The summed E-state index contributed by atoms with van der Waals surface area (Å²) in [5, 5.41) is 0.542. The van der Waals surface area contributed by atoms with Crippen molar-refractivity contribution in [2.24, 2.45) is 0 Å². The standard InChI is InChI=1S/C9H8BrClF3NO/c10-7-3-6(1-2-8(7)11)4-15-16-5-9(12,13)14/h1-3,15H,4-5H2. The molecule has 1 rings (SSSR count). The zero-order chi connectivity index (χ0) is 12.2. The molecule has 1 aromatic rings. The van der Waals surface area contributed by atoms with Crippen LogP contribution in [-0.2, 0) is 11.4 Å². The summed E-state index contributed by atoms with van der Waals surface area (Å²) in [4.78, 5) is 4.25. The molecule has 0 heterocycles. The summed E-state index contributed by atoms with van der Waals surface area (Å²) in [6, 6.07) is 5.04. The van der Waals surface area contributed by atoms with Gasteiger partial charge in [-0.3, -0.25) is 4.84 Å². The zero-order valence-corrected chi connectivity index (χ0v) is 10.3. The Kier molecular flexibility index (Phi) is 5.04. The number of rotatable bonds is 4. The van der Waals surface area contributed by atoms with Gasteiger partial charge in [0.1, 0.15) is 0 Å². The highest BCUT2D eigenvalue weighted by atomic mass is 79.9. The Hall–Kier alpha value is -0.300. The average Bonchev–Trinajstić information content (AvgIpc) is 2.17. The Balaban J connectivity index is 2.35. The van der Waals surface area contributed by atoms with Crippen molar-refractivity contribution in [1.29, 1.82) is 0 Å². The molecule has 7 heteroatoms. The van der Waals surface area contributed by atoms with Gasteiger partial charge in [0.2, 0.25) is 0 Å². The van der Waals surface area contributed by atoms with Crippen LogP contribution in [0.2, 0.25) is 5.02 Å². The molecule has 0 atom stereocenters. The van der Waals surface area contributed by atoms with Crippen molar-refractivity contribution in [2.45, 2.75) is 12.7 Å². The highest BCUT2D eigenvalue weighted by molar-refractivity contribution is 9.10. The number of alkyl halides is 3. The maximum absolute atomic E-state index is 11.7. The van der Waals surface area contributed by atoms with E-state index in [-0.39, 0.29) is 6.54 Å². The lowest BCUT2D eigenvalue weighted by atomic mass is 10.2. The zero-order valence-electron chi connectivity index (χ0n) is 7.94. The van der Waals surface area contributed by atoms with E-state index in [2.05, 4.69) is 26.2 Å². The van der Waals surface area contributed by atoms with Gasteiger partial charge in [-0.25, -0.2) is 0 Å². The largest absolute Gasteiger partial charge is 0.413 e. The second kappa shape index (κ2) is 5.86. The third-order valence-corrected chi connectivity index (χ3v) is 2.81. The van der Waals surface area contributed by atoms with E-state index in [1.807, 2.05) is 0 Å². The summed E-state index contributed by atoms with van der Waals surface area (Å²) in [6.07, 6.45) is -4.33. The van der Waals surface area contributed by atoms with Gasteiger partial charge in [-0.1, -0.05) is 17.7 Å². The Bertz CT molecular complexity index is 359. The molecule has 0 aliphatic rings. The molecule has 0 saturated heterocycles. The molecule has 1 N–H and O–H groups in total. The molecule has 1 aromatic carbocycles. The predicted octanol–water partition coefficient (Wildman–Crippen LogP) is 3.69. The first kappa shape index (κ1) is 13.8. The van der Waals surface area contributed by atoms with Crippen molar-refractivity contribution in [3.8, 4) is 0 Å². The van der Waals surface area contributed by atoms with E-state index in [1.54, 1.807) is 18.2 Å². The second-order valence-corrected chi connectivity index (χ2v) is 4.23. The molecule has 90 valence electrons. The molecule has 16 heavy (non-hydrogen) atoms. The van der Waals surface area contributed by atoms with Gasteiger partial charge in [-0.15, -0.1) is 0 Å². The minimum absolute atomic E-state index is 0.172. The SMILES string of the molecule is FC(F)(F)CONCc1ccc(Cl)c(Br)c1. The van der Waals surface area contributed by atoms with Crippen LogP contribution in [0.4, 0.5) is 13.2 Å². The van der Waals surface area contributed by atoms with Crippen LogP contribution in [0.1, 0.15) is 5.56 Å². The smallest absolute Gasteiger partial charge is 0.292 e. The van der Waals surface area contributed by atoms with E-state index in [0.717, 1.165) is 5.56 Å². The fourth-order valence-corrected chi connectivity index (χ4v) is 1.46. The lowest BCUT2D eigenvalue weighted by Gasteiger charge is -2.08. The van der Waals surface area contributed by atoms with Gasteiger partial charge in [0, 0.05) is 11.0 Å². The summed E-state index contributed by atoms with van der Waals surface area (Å²) < 4.78 is 35.8. The van der Waals surface area contributed by atoms with Gasteiger partial charge in [0.05, 0.1) is 5.02 Å². The van der Waals surface area contributed by atoms with Crippen molar-refractivity contribution in [3.63, 3.8) is 0 Å². The molecule has 0 radical (unpaired) electrons. The van der Waals surface area contributed by atoms with Crippen LogP contribution in [0.15, 0.2) is 22.7 Å². The molecule has 0 aliphatic heterocycles. The number of hydrogen-bond acceptors (Lipinski definition) is 2. The predicted molar refractivity (Wildman–Crippen MR) is 58.0 cm³/mol. The quantitative estimate of drug-likeness (QED) is 0.675. The number of nitrogens with one attached hydrogen (secondary N) is 1. The van der Waals surface area contributed by atoms with Crippen molar-refractivity contribution in [1.82, 2.24) is 5.48 Å². The molecule has 2 nitrogen and oxygen atoms in total. The normalized spacial score (nSPS) is 11.8. The van der Waals surface area contributed by atoms with E-state index in [9.17, 15) is 13.2 Å². The summed E-state index contributed by atoms with van der Waals surface area (Å²) in [6.45, 7) is -1.15. The van der Waals surface area contributed by atoms with Crippen molar-refractivity contribution in [3.05, 3.63) is 33.3 Å². The summed E-state index contributed by atoms with van der Waals surface area (Å²) in [5.74, 6) is 0. The number of hydrogen-bond donors (Lipinski definition) is 1. The molecule has 0 bridgehead atoms. The van der Waals surface area contributed by atoms with Crippen LogP contribution in [0, 0.1) is 0 Å². The van der Waals surface area contributed by atoms with Crippen molar-refractivity contribution >= 4 is 27.5 Å². The maximum atomic E-state index is 11.7. The van der Waals surface area contributed by atoms with Crippen molar-refractivity contribution in [2.75, 3.05) is 6.61 Å². The van der Waals surface area contributed by atoms with Crippen LogP contribution in [-0.4, -0.2) is 12.8 Å². The molecule has 0 aliphatic carbocycles. The lowest BCUT2D eigenvalue weighted by Crippen LogP contribution is -2.24. The summed E-state index contributed by atoms with van der Waals surface area (Å²) in [7, 11) is 0. The maximum Gasteiger partial charge on any atom is 0.413 e. The first-order chi connectivity index (χ1) is 7.38. The van der Waals surface area contributed by atoms with Gasteiger partial charge in [0.25, 0.3) is 0 Å². The fraction of sp³-hybridized carbons (Fsp3) is 0.333. The topological polar surface area (TPSA) is 21.3 Å². The molecule has 0 amide bonds. The highest BCUT2D eigenvalue weighted by Gasteiger charge is 2.27. The lowest BCUT2D eigenvalue weighted by molar-refractivity contribution is -0.190. The average molecular weight is 319 g/mol. The van der Waals surface area contributed by atoms with E-state index in [1.165, 1.54) is 0 Å². The second-order valence-electron chi connectivity index (χ2n) is 2.97. The Morgan fingerprint density at radius 3 is 2.62 bits per heavy atom. The monoisotopic (exact) mass is 317 g/mol. The van der Waals surface area contributed by atoms with Crippen LogP contribution in [0.3, 0.4) is 0 Å². The minimum atomic E-state index is -4.33. The van der Waals surface area contributed by atoms with Gasteiger partial charge in [-0.05, 0) is 33.6 Å². The molecule has 0 aromatic heterocycles. The summed E-state index contributed by atoms with van der Waals surface area (Å²) >= 11 is 8.96. The van der Waals surface area contributed by atoms with Crippen LogP contribution < -0.4 is 5.48 Å². The van der Waals surface area contributed by atoms with Crippen LogP contribution >= 0.6 is 27.5 Å². The number of hydroxylamine groups is 1. The molecule has 0 spiro atoms. The van der Waals surface area contributed by atoms with Gasteiger partial charge in [-0.2, -0.15) is 18.7 Å².